The Balaban J connectivity index is 1.89. The van der Waals surface area contributed by atoms with Crippen LogP contribution in [0.3, 0.4) is 0 Å². The Bertz CT molecular complexity index is 117. The molecule has 0 aromatic rings. The van der Waals surface area contributed by atoms with Crippen LogP contribution in [0.2, 0.25) is 0 Å². The molecule has 0 bridgehead atoms. The molecule has 1 saturated heterocycles. The van der Waals surface area contributed by atoms with Crippen LogP contribution in [-0.2, 0) is 0 Å². The highest BCUT2D eigenvalue weighted by molar-refractivity contribution is 4.79. The first-order chi connectivity index (χ1) is 5.97. The lowest BCUT2D eigenvalue weighted by Gasteiger charge is -2.33. The Morgan fingerprint density at radius 3 is 2.33 bits per heavy atom. The van der Waals surface area contributed by atoms with Crippen molar-refractivity contribution in [3.63, 3.8) is 0 Å². The first kappa shape index (κ1) is 8.55. The molecule has 1 aliphatic heterocycles. The minimum absolute atomic E-state index is 1.03. The van der Waals surface area contributed by atoms with Crippen LogP contribution in [0.1, 0.15) is 44.9 Å². The highest BCUT2D eigenvalue weighted by atomic mass is 14.9. The summed E-state index contributed by atoms with van der Waals surface area (Å²) in [6.45, 7) is 2.59. The maximum atomic E-state index is 3.53. The van der Waals surface area contributed by atoms with Crippen molar-refractivity contribution in [1.82, 2.24) is 5.32 Å². The standard InChI is InChI=1S/C11H21N/c1-2-4-6-11-9-12-8-7-10(11)5-3-1/h10-12H,1-9H2/t10-,11-/m0/s1. The van der Waals surface area contributed by atoms with Crippen LogP contribution in [0.5, 0.6) is 0 Å². The first-order valence-corrected chi connectivity index (χ1v) is 5.67. The summed E-state index contributed by atoms with van der Waals surface area (Å²) >= 11 is 0. The number of fused-ring (bicyclic) bond motifs is 1. The van der Waals surface area contributed by atoms with Gasteiger partial charge in [0.05, 0.1) is 0 Å². The van der Waals surface area contributed by atoms with E-state index in [1.807, 2.05) is 0 Å². The van der Waals surface area contributed by atoms with E-state index in [0.29, 0.717) is 0 Å². The van der Waals surface area contributed by atoms with Crippen molar-refractivity contribution in [3.8, 4) is 0 Å². The van der Waals surface area contributed by atoms with E-state index in [1.165, 1.54) is 58.0 Å². The van der Waals surface area contributed by atoms with Crippen molar-refractivity contribution in [2.24, 2.45) is 11.8 Å². The Labute approximate surface area is 75.9 Å². The van der Waals surface area contributed by atoms with E-state index in [2.05, 4.69) is 5.32 Å². The normalized spacial score (nSPS) is 38.0. The Morgan fingerprint density at radius 2 is 1.50 bits per heavy atom. The van der Waals surface area contributed by atoms with Crippen LogP contribution in [0.15, 0.2) is 0 Å². The molecule has 0 spiro atoms. The van der Waals surface area contributed by atoms with E-state index in [1.54, 1.807) is 0 Å². The molecule has 0 radical (unpaired) electrons. The van der Waals surface area contributed by atoms with Gasteiger partial charge in [-0.3, -0.25) is 0 Å². The number of nitrogens with one attached hydrogen (secondary N) is 1. The zero-order chi connectivity index (χ0) is 8.23. The third-order valence-electron chi connectivity index (χ3n) is 3.66. The average molecular weight is 167 g/mol. The van der Waals surface area contributed by atoms with Crippen LogP contribution in [0.4, 0.5) is 0 Å². The van der Waals surface area contributed by atoms with Gasteiger partial charge in [0.25, 0.3) is 0 Å². The van der Waals surface area contributed by atoms with Crippen molar-refractivity contribution < 1.29 is 0 Å². The second-order valence-corrected chi connectivity index (χ2v) is 4.50. The molecule has 12 heavy (non-hydrogen) atoms. The minimum atomic E-state index is 1.03. The summed E-state index contributed by atoms with van der Waals surface area (Å²) in [5.41, 5.74) is 0. The predicted octanol–water partition coefficient (Wildman–Crippen LogP) is 2.57. The molecule has 0 aromatic carbocycles. The quantitative estimate of drug-likeness (QED) is 0.584. The van der Waals surface area contributed by atoms with E-state index in [4.69, 9.17) is 0 Å². The van der Waals surface area contributed by atoms with E-state index in [9.17, 15) is 0 Å². The van der Waals surface area contributed by atoms with E-state index >= 15 is 0 Å². The van der Waals surface area contributed by atoms with E-state index < -0.39 is 0 Å². The van der Waals surface area contributed by atoms with Crippen molar-refractivity contribution in [2.45, 2.75) is 44.9 Å². The maximum absolute atomic E-state index is 3.53. The number of hydrogen-bond donors (Lipinski definition) is 1. The Kier molecular flexibility index (Phi) is 3.04. The van der Waals surface area contributed by atoms with Gasteiger partial charge in [-0.25, -0.2) is 0 Å². The number of piperidine rings is 1. The third kappa shape index (κ3) is 2.01. The van der Waals surface area contributed by atoms with Gasteiger partial charge in [-0.2, -0.15) is 0 Å². The van der Waals surface area contributed by atoms with Crippen LogP contribution in [0, 0.1) is 11.8 Å². The number of hydrogen-bond acceptors (Lipinski definition) is 1. The van der Waals surface area contributed by atoms with Gasteiger partial charge in [0.2, 0.25) is 0 Å². The van der Waals surface area contributed by atoms with Crippen LogP contribution < -0.4 is 5.32 Å². The fourth-order valence-electron chi connectivity index (χ4n) is 2.86. The van der Waals surface area contributed by atoms with Gasteiger partial charge < -0.3 is 5.32 Å². The van der Waals surface area contributed by atoms with E-state index in [0.717, 1.165) is 11.8 Å². The molecule has 0 aromatic heterocycles. The molecule has 1 nitrogen and oxygen atoms in total. The molecule has 1 N–H and O–H groups in total. The largest absolute Gasteiger partial charge is 0.316 e. The fraction of sp³-hybridized carbons (Fsp3) is 1.00. The molecule has 1 heteroatoms. The second kappa shape index (κ2) is 4.27. The number of rotatable bonds is 0. The van der Waals surface area contributed by atoms with Gasteiger partial charge in [-0.05, 0) is 37.8 Å². The van der Waals surface area contributed by atoms with Gasteiger partial charge in [0.15, 0.2) is 0 Å². The van der Waals surface area contributed by atoms with Crippen molar-refractivity contribution in [3.05, 3.63) is 0 Å². The van der Waals surface area contributed by atoms with E-state index in [-0.39, 0.29) is 0 Å². The summed E-state index contributed by atoms with van der Waals surface area (Å²) in [6, 6.07) is 0. The zero-order valence-electron chi connectivity index (χ0n) is 8.02. The Hall–Kier alpha value is -0.0400. The topological polar surface area (TPSA) is 12.0 Å². The molecule has 70 valence electrons. The third-order valence-corrected chi connectivity index (χ3v) is 3.66. The molecule has 2 aliphatic rings. The minimum Gasteiger partial charge on any atom is -0.316 e. The van der Waals surface area contributed by atoms with Crippen molar-refractivity contribution in [1.29, 1.82) is 0 Å². The van der Waals surface area contributed by atoms with Crippen LogP contribution in [-0.4, -0.2) is 13.1 Å². The summed E-state index contributed by atoms with van der Waals surface area (Å²) in [5.74, 6) is 2.10. The molecular formula is C11H21N. The highest BCUT2D eigenvalue weighted by Crippen LogP contribution is 2.31. The fourth-order valence-corrected chi connectivity index (χ4v) is 2.86. The molecule has 2 rings (SSSR count). The summed E-state index contributed by atoms with van der Waals surface area (Å²) in [7, 11) is 0. The molecular weight excluding hydrogens is 146 g/mol. The van der Waals surface area contributed by atoms with Crippen LogP contribution >= 0.6 is 0 Å². The van der Waals surface area contributed by atoms with Crippen molar-refractivity contribution in [2.75, 3.05) is 13.1 Å². The van der Waals surface area contributed by atoms with Gasteiger partial charge >= 0.3 is 0 Å². The monoisotopic (exact) mass is 167 g/mol. The SMILES string of the molecule is C1CCC[C@H]2CNCC[C@@H]2CC1. The second-order valence-electron chi connectivity index (χ2n) is 4.50. The average Bonchev–Trinajstić information content (AvgIpc) is 2.06. The molecule has 1 heterocycles. The van der Waals surface area contributed by atoms with Gasteiger partial charge in [0.1, 0.15) is 0 Å². The lowest BCUT2D eigenvalue weighted by molar-refractivity contribution is 0.206. The van der Waals surface area contributed by atoms with Gasteiger partial charge in [-0.15, -0.1) is 0 Å². The lowest BCUT2D eigenvalue weighted by Crippen LogP contribution is -2.37. The van der Waals surface area contributed by atoms with Gasteiger partial charge in [-0.1, -0.05) is 32.1 Å². The Morgan fingerprint density at radius 1 is 0.750 bits per heavy atom. The summed E-state index contributed by atoms with van der Waals surface area (Å²) in [4.78, 5) is 0. The molecule has 1 saturated carbocycles. The molecule has 2 atom stereocenters. The summed E-state index contributed by atoms with van der Waals surface area (Å²) in [6.07, 6.45) is 10.4. The zero-order valence-corrected chi connectivity index (χ0v) is 8.02. The maximum Gasteiger partial charge on any atom is -0.00179 e. The van der Waals surface area contributed by atoms with Gasteiger partial charge in [0, 0.05) is 0 Å². The smallest absolute Gasteiger partial charge is 0.00179 e. The summed E-state index contributed by atoms with van der Waals surface area (Å²) < 4.78 is 0. The molecule has 1 aliphatic carbocycles. The predicted molar refractivity (Wildman–Crippen MR) is 52.2 cm³/mol. The molecule has 0 unspecified atom stereocenters. The highest BCUT2D eigenvalue weighted by Gasteiger charge is 2.24. The molecule has 2 fully saturated rings. The van der Waals surface area contributed by atoms with Crippen molar-refractivity contribution >= 4 is 0 Å². The summed E-state index contributed by atoms with van der Waals surface area (Å²) in [5, 5.41) is 3.53. The van der Waals surface area contributed by atoms with Crippen LogP contribution in [0.25, 0.3) is 0 Å². The lowest BCUT2D eigenvalue weighted by atomic mass is 9.78. The first-order valence-electron chi connectivity index (χ1n) is 5.67. The molecule has 0 amide bonds.